The van der Waals surface area contributed by atoms with Gasteiger partial charge in [0.2, 0.25) is 5.91 Å². The van der Waals surface area contributed by atoms with Gasteiger partial charge in [0.1, 0.15) is 5.01 Å². The Morgan fingerprint density at radius 1 is 1.50 bits per heavy atom. The molecule has 2 unspecified atom stereocenters. The Bertz CT molecular complexity index is 621. The number of likely N-dealkylation sites (tertiary alicyclic amines) is 1. The zero-order chi connectivity index (χ0) is 15.5. The number of aromatic nitrogens is 1. The summed E-state index contributed by atoms with van der Waals surface area (Å²) in [5.41, 5.74) is 6.92. The molecule has 4 nitrogen and oxygen atoms in total. The first-order chi connectivity index (χ1) is 10.6. The predicted molar refractivity (Wildman–Crippen MR) is 92.1 cm³/mol. The smallest absolute Gasteiger partial charge is 0.228 e. The fraction of sp³-hybridized carbons (Fsp3) is 0.500. The molecule has 1 fully saturated rings. The molecule has 0 aromatic carbocycles. The fourth-order valence-electron chi connectivity index (χ4n) is 2.97. The van der Waals surface area contributed by atoms with Crippen LogP contribution in [0.5, 0.6) is 0 Å². The molecule has 1 amide bonds. The zero-order valence-corrected chi connectivity index (χ0v) is 14.3. The van der Waals surface area contributed by atoms with Crippen molar-refractivity contribution in [1.82, 2.24) is 9.88 Å². The van der Waals surface area contributed by atoms with Crippen LogP contribution in [0.25, 0.3) is 9.88 Å². The van der Waals surface area contributed by atoms with Gasteiger partial charge in [-0.2, -0.15) is 0 Å². The van der Waals surface area contributed by atoms with Gasteiger partial charge in [0, 0.05) is 24.0 Å². The minimum absolute atomic E-state index is 0.0290. The second kappa shape index (κ2) is 6.89. The van der Waals surface area contributed by atoms with Crippen LogP contribution in [-0.2, 0) is 11.2 Å². The van der Waals surface area contributed by atoms with Gasteiger partial charge in [0.15, 0.2) is 0 Å². The Morgan fingerprint density at radius 3 is 3.09 bits per heavy atom. The van der Waals surface area contributed by atoms with Gasteiger partial charge in [0.25, 0.3) is 0 Å². The summed E-state index contributed by atoms with van der Waals surface area (Å²) in [6, 6.07) is 4.29. The van der Waals surface area contributed by atoms with Crippen molar-refractivity contribution in [2.24, 2.45) is 5.73 Å². The molecule has 0 bridgehead atoms. The molecule has 3 rings (SSSR count). The molecule has 1 saturated heterocycles. The first-order valence-electron chi connectivity index (χ1n) is 7.68. The van der Waals surface area contributed by atoms with Crippen molar-refractivity contribution in [1.29, 1.82) is 0 Å². The molecule has 1 aliphatic heterocycles. The van der Waals surface area contributed by atoms with Gasteiger partial charge < -0.3 is 10.6 Å². The summed E-state index contributed by atoms with van der Waals surface area (Å²) in [5, 5.41) is 5.04. The molecule has 0 radical (unpaired) electrons. The Balaban J connectivity index is 1.68. The molecule has 2 aromatic rings. The van der Waals surface area contributed by atoms with E-state index in [1.807, 2.05) is 28.7 Å². The van der Waals surface area contributed by atoms with Crippen molar-refractivity contribution >= 4 is 28.6 Å². The first kappa shape index (κ1) is 15.6. The summed E-state index contributed by atoms with van der Waals surface area (Å²) < 4.78 is 0. The highest BCUT2D eigenvalue weighted by molar-refractivity contribution is 7.20. The van der Waals surface area contributed by atoms with Gasteiger partial charge in [0.05, 0.1) is 17.0 Å². The van der Waals surface area contributed by atoms with Crippen LogP contribution in [0.1, 0.15) is 31.9 Å². The lowest BCUT2D eigenvalue weighted by atomic mass is 9.96. The summed E-state index contributed by atoms with van der Waals surface area (Å²) in [7, 11) is 0. The minimum atomic E-state index is 0.0290. The van der Waals surface area contributed by atoms with Crippen LogP contribution in [0.2, 0.25) is 0 Å². The van der Waals surface area contributed by atoms with E-state index in [9.17, 15) is 4.79 Å². The average molecular weight is 335 g/mol. The van der Waals surface area contributed by atoms with Gasteiger partial charge >= 0.3 is 0 Å². The van der Waals surface area contributed by atoms with E-state index in [1.165, 1.54) is 0 Å². The third-order valence-electron chi connectivity index (χ3n) is 4.09. The van der Waals surface area contributed by atoms with Crippen LogP contribution in [0, 0.1) is 0 Å². The lowest BCUT2D eigenvalue weighted by Crippen LogP contribution is -2.52. The largest absolute Gasteiger partial charge is 0.338 e. The monoisotopic (exact) mass is 335 g/mol. The average Bonchev–Trinajstić information content (AvgIpc) is 3.17. The number of nitrogens with zero attached hydrogens (tertiary/aromatic N) is 2. The van der Waals surface area contributed by atoms with E-state index >= 15 is 0 Å². The van der Waals surface area contributed by atoms with E-state index < -0.39 is 0 Å². The summed E-state index contributed by atoms with van der Waals surface area (Å²) in [4.78, 5) is 20.4. The van der Waals surface area contributed by atoms with Crippen LogP contribution in [-0.4, -0.2) is 34.4 Å². The summed E-state index contributed by atoms with van der Waals surface area (Å²) in [6.07, 6.45) is 3.63. The molecular formula is C16H21N3OS2. The molecular weight excluding hydrogens is 314 g/mol. The molecule has 3 heterocycles. The number of rotatable bonds is 4. The number of hydrogen-bond acceptors (Lipinski definition) is 5. The SMILES string of the molecule is CC(N)C1CCCCN1C(=O)Cc1csc(-c2cccs2)n1. The highest BCUT2D eigenvalue weighted by atomic mass is 32.1. The molecule has 22 heavy (non-hydrogen) atoms. The molecule has 118 valence electrons. The number of thiophene rings is 1. The number of carbonyl (C=O) groups is 1. The van der Waals surface area contributed by atoms with E-state index in [1.54, 1.807) is 22.7 Å². The van der Waals surface area contributed by atoms with Crippen molar-refractivity contribution in [3.63, 3.8) is 0 Å². The maximum atomic E-state index is 12.6. The topological polar surface area (TPSA) is 59.2 Å². The molecule has 0 saturated carbocycles. The van der Waals surface area contributed by atoms with Crippen LogP contribution in [0.4, 0.5) is 0 Å². The Kier molecular flexibility index (Phi) is 4.90. The van der Waals surface area contributed by atoms with Crippen molar-refractivity contribution in [2.75, 3.05) is 6.54 Å². The maximum Gasteiger partial charge on any atom is 0.228 e. The van der Waals surface area contributed by atoms with Gasteiger partial charge in [-0.1, -0.05) is 6.07 Å². The van der Waals surface area contributed by atoms with Crippen LogP contribution >= 0.6 is 22.7 Å². The second-order valence-corrected chi connectivity index (χ2v) is 7.61. The second-order valence-electron chi connectivity index (χ2n) is 5.81. The van der Waals surface area contributed by atoms with Crippen molar-refractivity contribution in [2.45, 2.75) is 44.7 Å². The van der Waals surface area contributed by atoms with Crippen LogP contribution in [0.3, 0.4) is 0 Å². The van der Waals surface area contributed by atoms with Gasteiger partial charge in [-0.3, -0.25) is 4.79 Å². The van der Waals surface area contributed by atoms with E-state index in [0.29, 0.717) is 6.42 Å². The third kappa shape index (κ3) is 3.39. The van der Waals surface area contributed by atoms with Crippen molar-refractivity contribution in [3.8, 4) is 9.88 Å². The Morgan fingerprint density at radius 2 is 2.36 bits per heavy atom. The number of carbonyl (C=O) groups excluding carboxylic acids is 1. The van der Waals surface area contributed by atoms with Crippen LogP contribution in [0.15, 0.2) is 22.9 Å². The lowest BCUT2D eigenvalue weighted by molar-refractivity contribution is -0.134. The molecule has 0 aliphatic carbocycles. The van der Waals surface area contributed by atoms with E-state index in [4.69, 9.17) is 5.73 Å². The Labute approximate surface area is 139 Å². The molecule has 6 heteroatoms. The Hall–Kier alpha value is -1.24. The van der Waals surface area contributed by atoms with E-state index in [2.05, 4.69) is 11.1 Å². The fourth-order valence-corrected chi connectivity index (χ4v) is 4.61. The normalized spacial score (nSPS) is 20.1. The molecule has 0 spiro atoms. The lowest BCUT2D eigenvalue weighted by Gasteiger charge is -2.38. The number of piperidine rings is 1. The van der Waals surface area contributed by atoms with Crippen molar-refractivity contribution < 1.29 is 4.79 Å². The number of thiazole rings is 1. The van der Waals surface area contributed by atoms with Gasteiger partial charge in [-0.05, 0) is 37.6 Å². The highest BCUT2D eigenvalue weighted by Crippen LogP contribution is 2.28. The molecule has 2 atom stereocenters. The zero-order valence-electron chi connectivity index (χ0n) is 12.7. The summed E-state index contributed by atoms with van der Waals surface area (Å²) in [5.74, 6) is 0.157. The van der Waals surface area contributed by atoms with Gasteiger partial charge in [-0.25, -0.2) is 4.98 Å². The predicted octanol–water partition coefficient (Wildman–Crippen LogP) is 3.14. The number of nitrogens with two attached hydrogens (primary N) is 1. The quantitative estimate of drug-likeness (QED) is 0.934. The first-order valence-corrected chi connectivity index (χ1v) is 9.44. The minimum Gasteiger partial charge on any atom is -0.338 e. The standard InChI is InChI=1S/C16H21N3OS2/c1-11(17)13-5-2-3-7-19(13)15(20)9-12-10-22-16(18-12)14-6-4-8-21-14/h4,6,8,10-11,13H,2-3,5,7,9,17H2,1H3. The van der Waals surface area contributed by atoms with E-state index in [0.717, 1.165) is 41.4 Å². The van der Waals surface area contributed by atoms with E-state index in [-0.39, 0.29) is 18.0 Å². The third-order valence-corrected chi connectivity index (χ3v) is 6.02. The maximum absolute atomic E-state index is 12.6. The number of amides is 1. The summed E-state index contributed by atoms with van der Waals surface area (Å²) >= 11 is 3.28. The molecule has 2 N–H and O–H groups in total. The van der Waals surface area contributed by atoms with Gasteiger partial charge in [-0.15, -0.1) is 22.7 Å². The summed E-state index contributed by atoms with van der Waals surface area (Å²) in [6.45, 7) is 2.82. The highest BCUT2D eigenvalue weighted by Gasteiger charge is 2.29. The van der Waals surface area contributed by atoms with Crippen LogP contribution < -0.4 is 5.73 Å². The molecule has 2 aromatic heterocycles. The van der Waals surface area contributed by atoms with Crippen molar-refractivity contribution in [3.05, 3.63) is 28.6 Å². The number of hydrogen-bond donors (Lipinski definition) is 1. The molecule has 1 aliphatic rings.